The van der Waals surface area contributed by atoms with E-state index in [4.69, 9.17) is 0 Å². The first-order valence-electron chi connectivity index (χ1n) is 0.129. The number of rotatable bonds is 0. The van der Waals surface area contributed by atoms with E-state index in [1.165, 1.54) is 0 Å². The minimum atomic E-state index is 0. The van der Waals surface area contributed by atoms with E-state index in [0.717, 1.165) is 0 Å². The molecule has 0 nitrogen and oxygen atoms in total. The molecule has 0 aromatic carbocycles. The Labute approximate surface area is 79.8 Å². The van der Waals surface area contributed by atoms with Gasteiger partial charge in [-0.25, -0.2) is 0 Å². The summed E-state index contributed by atoms with van der Waals surface area (Å²) in [6.07, 6.45) is 0. The average molecular weight is 233 g/mol. The van der Waals surface area contributed by atoms with E-state index in [9.17, 15) is 0 Å². The van der Waals surface area contributed by atoms with Crippen LogP contribution in [-0.4, -0.2) is 23.1 Å². The van der Waals surface area contributed by atoms with Crippen molar-refractivity contribution in [3.8, 4) is 0 Å². The van der Waals surface area contributed by atoms with Crippen LogP contribution in [0.1, 0.15) is 0 Å². The predicted octanol–water partition coefficient (Wildman–Crippen LogP) is 0.260. The number of hydrogen-bond donors (Lipinski definition) is 0. The van der Waals surface area contributed by atoms with Crippen LogP contribution in [-0.2, 0) is 47.1 Å². The van der Waals surface area contributed by atoms with Gasteiger partial charge in [-0.1, -0.05) is 0 Å². The van der Waals surface area contributed by atoms with E-state index in [1.54, 1.807) is 0 Å². The van der Waals surface area contributed by atoms with Gasteiger partial charge in [-0.2, -0.15) is 0 Å². The molecule has 0 heterocycles. The van der Waals surface area contributed by atoms with Crippen LogP contribution in [0, 0.1) is 0 Å². The molecule has 0 aliphatic carbocycles. The molecular formula is CoMgNi2S. The molecule has 0 atom stereocenters. The molecule has 0 aliphatic heterocycles. The molecule has 0 amide bonds. The predicted molar refractivity (Wildman–Crippen MR) is 13.3 cm³/mol. The normalized spacial score (nSPS) is 1.20. The van der Waals surface area contributed by atoms with Crippen molar-refractivity contribution in [2.45, 2.75) is 0 Å². The standard InChI is InChI=1S/Co.Mg.2Ni.S. The van der Waals surface area contributed by atoms with Gasteiger partial charge in [0, 0.05) is 56.3 Å². The average Bonchev–Trinajstić information content (AvgIpc) is 1.00. The fraction of sp³-hybridized carbons (Fsp3) is 0. The van der Waals surface area contributed by atoms with Gasteiger partial charge in [0.1, 0.15) is 0 Å². The molecule has 5 heteroatoms. The third-order valence-electron chi connectivity index (χ3n) is 0. The summed E-state index contributed by atoms with van der Waals surface area (Å²) in [7, 11) is 3.71. The van der Waals surface area contributed by atoms with Gasteiger partial charge in [-0.15, -0.1) is 0 Å². The first-order chi connectivity index (χ1) is 1.00. The van der Waals surface area contributed by atoms with Crippen LogP contribution in [0.15, 0.2) is 0 Å². The van der Waals surface area contributed by atoms with Crippen molar-refractivity contribution >= 4 is 33.7 Å². The van der Waals surface area contributed by atoms with Gasteiger partial charge in [0.15, 0.2) is 0 Å². The molecule has 0 spiro atoms. The second kappa shape index (κ2) is 31.6. The molecule has 0 rings (SSSR count). The van der Waals surface area contributed by atoms with E-state index in [0.29, 0.717) is 0 Å². The minimum absolute atomic E-state index is 0. The summed E-state index contributed by atoms with van der Waals surface area (Å²) in [6, 6.07) is 0. The Morgan fingerprint density at radius 3 is 1.20 bits per heavy atom. The first kappa shape index (κ1) is 25.9. The van der Waals surface area contributed by atoms with Gasteiger partial charge >= 0.3 is 24.5 Å². The second-order valence-electron chi connectivity index (χ2n) is 0. The molecule has 0 unspecified atom stereocenters. The molecule has 0 aliphatic rings. The van der Waals surface area contributed by atoms with Gasteiger partial charge in [0.2, 0.25) is 0 Å². The van der Waals surface area contributed by atoms with Crippen molar-refractivity contribution in [3.05, 3.63) is 0 Å². The zero-order valence-electron chi connectivity index (χ0n) is 2.08. The maximum atomic E-state index is 3.71. The van der Waals surface area contributed by atoms with Crippen molar-refractivity contribution in [2.24, 2.45) is 0 Å². The summed E-state index contributed by atoms with van der Waals surface area (Å²) in [6.45, 7) is 0. The summed E-state index contributed by atoms with van der Waals surface area (Å²) in [5, 5.41) is 0. The van der Waals surface area contributed by atoms with Gasteiger partial charge in [-0.05, 0) is 0 Å². The summed E-state index contributed by atoms with van der Waals surface area (Å²) in [4.78, 5) is 0. The molecule has 5 heavy (non-hydrogen) atoms. The van der Waals surface area contributed by atoms with Crippen LogP contribution in [0.2, 0.25) is 0 Å². The second-order valence-corrected chi connectivity index (χ2v) is 0. The zero-order chi connectivity index (χ0) is 2.00. The first-order valence-corrected chi connectivity index (χ1v) is 1.60. The number of hydrogen-bond acceptors (Lipinski definition) is 1. The Balaban J connectivity index is -0.00000000167. The topological polar surface area (TPSA) is 0 Å². The SMILES string of the molecule is [Co].[Mg].[Ni].[S]=[Ni]. The van der Waals surface area contributed by atoms with Crippen LogP contribution >= 0.6 is 10.7 Å². The molecule has 37 valence electrons. The monoisotopic (exact) mass is 231 g/mol. The van der Waals surface area contributed by atoms with Crippen LogP contribution in [0.5, 0.6) is 0 Å². The molecular weight excluding hydrogens is 233 g/mol. The Hall–Kier alpha value is 2.48. The Morgan fingerprint density at radius 1 is 1.20 bits per heavy atom. The van der Waals surface area contributed by atoms with Crippen molar-refractivity contribution in [1.29, 1.82) is 0 Å². The van der Waals surface area contributed by atoms with E-state index < -0.39 is 0 Å². The van der Waals surface area contributed by atoms with E-state index in [-0.39, 0.29) is 56.3 Å². The van der Waals surface area contributed by atoms with Gasteiger partial charge in [-0.3, -0.25) is 0 Å². The third-order valence-corrected chi connectivity index (χ3v) is 0. The molecule has 0 bridgehead atoms. The molecule has 0 saturated heterocycles. The Bertz CT molecular complexity index is 9.61. The van der Waals surface area contributed by atoms with Crippen LogP contribution in [0.3, 0.4) is 0 Å². The molecule has 0 aromatic heterocycles. The quantitative estimate of drug-likeness (QED) is 0.540. The molecule has 0 fully saturated rings. The van der Waals surface area contributed by atoms with E-state index in [2.05, 4.69) is 24.5 Å². The van der Waals surface area contributed by atoms with Gasteiger partial charge in [0.05, 0.1) is 0 Å². The van der Waals surface area contributed by atoms with E-state index in [1.807, 2.05) is 0 Å². The van der Waals surface area contributed by atoms with Crippen molar-refractivity contribution < 1.29 is 47.1 Å². The Morgan fingerprint density at radius 2 is 1.20 bits per heavy atom. The summed E-state index contributed by atoms with van der Waals surface area (Å²) >= 11 is 3.46. The van der Waals surface area contributed by atoms with Crippen molar-refractivity contribution in [1.82, 2.24) is 0 Å². The van der Waals surface area contributed by atoms with Gasteiger partial charge in [0.25, 0.3) is 0 Å². The summed E-state index contributed by atoms with van der Waals surface area (Å²) in [5.41, 5.74) is 0. The van der Waals surface area contributed by atoms with Gasteiger partial charge < -0.3 is 0 Å². The third kappa shape index (κ3) is 21.1. The fourth-order valence-corrected chi connectivity index (χ4v) is 0. The van der Waals surface area contributed by atoms with Crippen molar-refractivity contribution in [3.63, 3.8) is 0 Å². The zero-order valence-corrected chi connectivity index (χ0v) is 7.33. The van der Waals surface area contributed by atoms with Crippen LogP contribution in [0.4, 0.5) is 0 Å². The Kier molecular flexibility index (Phi) is 164. The van der Waals surface area contributed by atoms with Crippen LogP contribution < -0.4 is 0 Å². The van der Waals surface area contributed by atoms with E-state index >= 15 is 0 Å². The molecule has 0 aromatic rings. The maximum absolute atomic E-state index is 3.71. The summed E-state index contributed by atoms with van der Waals surface area (Å²) < 4.78 is 0. The van der Waals surface area contributed by atoms with Crippen LogP contribution in [0.25, 0.3) is 0 Å². The molecule has 3 radical (unpaired) electrons. The fourth-order valence-electron chi connectivity index (χ4n) is 0. The summed E-state index contributed by atoms with van der Waals surface area (Å²) in [5.74, 6) is 0. The van der Waals surface area contributed by atoms with Crippen molar-refractivity contribution in [2.75, 3.05) is 0 Å². The molecule has 0 saturated carbocycles. The molecule has 0 N–H and O–H groups in total.